The van der Waals surface area contributed by atoms with E-state index < -0.39 is 29.7 Å². The van der Waals surface area contributed by atoms with E-state index in [0.29, 0.717) is 16.7 Å². The first-order valence-electron chi connectivity index (χ1n) is 12.0. The van der Waals surface area contributed by atoms with Crippen LogP contribution in [0.5, 0.6) is 0 Å². The van der Waals surface area contributed by atoms with Crippen molar-refractivity contribution >= 4 is 17.4 Å². The lowest BCUT2D eigenvalue weighted by molar-refractivity contribution is -0.259. The second-order valence-electron chi connectivity index (χ2n) is 9.59. The molecule has 1 atom stereocenters. The number of nitrogens with one attached hydrogen (secondary N) is 1. The molecular weight excluding hydrogens is 507 g/mol. The average molecular weight is 534 g/mol. The van der Waals surface area contributed by atoms with Crippen LogP contribution in [0, 0.1) is 0 Å². The Labute approximate surface area is 217 Å². The lowest BCUT2D eigenvalue weighted by atomic mass is 9.90. The van der Waals surface area contributed by atoms with Crippen LogP contribution in [-0.4, -0.2) is 39.6 Å². The Morgan fingerprint density at radius 2 is 1.89 bits per heavy atom. The molecule has 1 aliphatic carbocycles. The van der Waals surface area contributed by atoms with Gasteiger partial charge in [-0.25, -0.2) is 9.78 Å². The molecule has 1 saturated carbocycles. The van der Waals surface area contributed by atoms with Crippen molar-refractivity contribution in [2.75, 3.05) is 7.11 Å². The normalized spacial score (nSPS) is 16.3. The summed E-state index contributed by atoms with van der Waals surface area (Å²) in [7, 11) is 0.888. The van der Waals surface area contributed by atoms with Crippen LogP contribution in [0.25, 0.3) is 22.8 Å². The van der Waals surface area contributed by atoms with Crippen LogP contribution in [-0.2, 0) is 21.4 Å². The van der Waals surface area contributed by atoms with Gasteiger partial charge in [-0.3, -0.25) is 9.78 Å². The van der Waals surface area contributed by atoms with Crippen LogP contribution in [0.1, 0.15) is 50.7 Å². The highest BCUT2D eigenvalue weighted by Crippen LogP contribution is 2.48. The van der Waals surface area contributed by atoms with Gasteiger partial charge in [-0.05, 0) is 60.4 Å². The number of alkyl halides is 3. The fourth-order valence-corrected chi connectivity index (χ4v) is 4.66. The number of benzene rings is 2. The highest BCUT2D eigenvalue weighted by atomic mass is 35.5. The zero-order chi connectivity index (χ0) is 27.0. The first-order valence-corrected chi connectivity index (χ1v) is 12.3. The van der Waals surface area contributed by atoms with Crippen molar-refractivity contribution in [3.8, 4) is 22.8 Å². The van der Waals surface area contributed by atoms with E-state index >= 15 is 0 Å². The molecular formula is C27H27ClF3N3O3. The van der Waals surface area contributed by atoms with E-state index in [1.807, 2.05) is 24.3 Å². The standard InChI is InChI=1S/C27H27ClF3N3O3/c1-4-26(37-3,27(29,30)31)21(35)11-9-16-8-10-20(28)19(14-16)23-32-22(33-24(36)34-23)17-6-5-7-18(15-17)25(2)12-13-25/h5-8,10,14-15H,4,9,11-13H2,1-3H3,(H,32,33,34,36). The van der Waals surface area contributed by atoms with E-state index in [1.165, 1.54) is 6.92 Å². The van der Waals surface area contributed by atoms with Crippen molar-refractivity contribution < 1.29 is 22.7 Å². The molecule has 0 bridgehead atoms. The van der Waals surface area contributed by atoms with Crippen molar-refractivity contribution in [2.45, 2.75) is 63.1 Å². The van der Waals surface area contributed by atoms with Gasteiger partial charge in [0.1, 0.15) is 5.82 Å². The van der Waals surface area contributed by atoms with Gasteiger partial charge in [-0.1, -0.05) is 49.7 Å². The SMILES string of the molecule is CCC(OC)(C(=O)CCc1ccc(Cl)c(-c2nc(-c3cccc(C4(C)CC4)c3)nc(=O)[nH]2)c1)C(F)(F)F. The Balaban J connectivity index is 1.62. The van der Waals surface area contributed by atoms with E-state index in [2.05, 4.69) is 26.6 Å². The van der Waals surface area contributed by atoms with E-state index in [9.17, 15) is 22.8 Å². The number of rotatable bonds is 9. The molecule has 0 radical (unpaired) electrons. The fraction of sp³-hybridized carbons (Fsp3) is 0.407. The summed E-state index contributed by atoms with van der Waals surface area (Å²) in [5.74, 6) is -0.644. The number of methoxy groups -OCH3 is 1. The van der Waals surface area contributed by atoms with Gasteiger partial charge in [-0.2, -0.15) is 18.2 Å². The van der Waals surface area contributed by atoms with Gasteiger partial charge in [0.2, 0.25) is 5.60 Å². The second kappa shape index (κ2) is 10.0. The Hall–Kier alpha value is -3.04. The third-order valence-corrected chi connectivity index (χ3v) is 7.48. The molecule has 2 aromatic carbocycles. The van der Waals surface area contributed by atoms with Crippen LogP contribution in [0.3, 0.4) is 0 Å². The van der Waals surface area contributed by atoms with Crippen LogP contribution in [0.2, 0.25) is 5.02 Å². The largest absolute Gasteiger partial charge is 0.424 e. The second-order valence-corrected chi connectivity index (χ2v) is 9.99. The number of ether oxygens (including phenoxy) is 1. The van der Waals surface area contributed by atoms with Gasteiger partial charge in [-0.15, -0.1) is 0 Å². The summed E-state index contributed by atoms with van der Waals surface area (Å²) in [6, 6.07) is 12.5. The van der Waals surface area contributed by atoms with Crippen LogP contribution < -0.4 is 5.69 Å². The molecule has 0 aliphatic heterocycles. The number of aromatic amines is 1. The van der Waals surface area contributed by atoms with Gasteiger partial charge in [0, 0.05) is 24.7 Å². The van der Waals surface area contributed by atoms with E-state index in [0.717, 1.165) is 25.5 Å². The van der Waals surface area contributed by atoms with Gasteiger partial charge in [0.15, 0.2) is 11.6 Å². The molecule has 0 saturated heterocycles. The number of Topliss-reactive ketones (excluding diaryl/α,β-unsaturated/α-hetero) is 1. The Kier molecular flexibility index (Phi) is 7.32. The van der Waals surface area contributed by atoms with Gasteiger partial charge < -0.3 is 4.74 Å². The van der Waals surface area contributed by atoms with Gasteiger partial charge in [0.05, 0.1) is 5.02 Å². The van der Waals surface area contributed by atoms with E-state index in [4.69, 9.17) is 11.6 Å². The minimum Gasteiger partial charge on any atom is -0.362 e. The maximum absolute atomic E-state index is 13.6. The molecule has 0 spiro atoms. The highest BCUT2D eigenvalue weighted by molar-refractivity contribution is 6.33. The number of aryl methyl sites for hydroxylation is 1. The number of aromatic nitrogens is 3. The summed E-state index contributed by atoms with van der Waals surface area (Å²) >= 11 is 6.40. The zero-order valence-corrected chi connectivity index (χ0v) is 21.5. The monoisotopic (exact) mass is 533 g/mol. The summed E-state index contributed by atoms with van der Waals surface area (Å²) in [4.78, 5) is 36.1. The maximum Gasteiger partial charge on any atom is 0.424 e. The number of carbonyl (C=O) groups excluding carboxylic acids is 1. The fourth-order valence-electron chi connectivity index (χ4n) is 4.45. The van der Waals surface area contributed by atoms with Crippen molar-refractivity contribution in [3.05, 3.63) is 69.1 Å². The maximum atomic E-state index is 13.6. The Bertz CT molecular complexity index is 1380. The zero-order valence-electron chi connectivity index (χ0n) is 20.7. The molecule has 6 nitrogen and oxygen atoms in total. The topological polar surface area (TPSA) is 84.9 Å². The summed E-state index contributed by atoms with van der Waals surface area (Å²) in [5.41, 5.74) is -0.558. The smallest absolute Gasteiger partial charge is 0.362 e. The van der Waals surface area contributed by atoms with Gasteiger partial charge >= 0.3 is 11.9 Å². The van der Waals surface area contributed by atoms with Crippen LogP contribution in [0.15, 0.2) is 47.3 Å². The van der Waals surface area contributed by atoms with E-state index in [-0.39, 0.29) is 34.9 Å². The lowest BCUT2D eigenvalue weighted by Crippen LogP contribution is -2.53. The number of H-pyrrole nitrogens is 1. The number of halogens is 4. The number of hydrogen-bond donors (Lipinski definition) is 1. The molecule has 3 aromatic rings. The molecule has 37 heavy (non-hydrogen) atoms. The molecule has 1 unspecified atom stereocenters. The summed E-state index contributed by atoms with van der Waals surface area (Å²) in [6.45, 7) is 3.44. The molecule has 4 rings (SSSR count). The van der Waals surface area contributed by atoms with Gasteiger partial charge in [0.25, 0.3) is 0 Å². The minimum atomic E-state index is -4.83. The number of hydrogen-bond acceptors (Lipinski definition) is 5. The van der Waals surface area contributed by atoms with Crippen LogP contribution in [0.4, 0.5) is 13.2 Å². The number of nitrogens with zero attached hydrogens (tertiary/aromatic N) is 2. The number of ketones is 1. The quantitative estimate of drug-likeness (QED) is 0.361. The third-order valence-electron chi connectivity index (χ3n) is 7.15. The first-order chi connectivity index (χ1) is 17.4. The molecule has 1 fully saturated rings. The minimum absolute atomic E-state index is 0.0208. The molecule has 1 aromatic heterocycles. The number of carbonyl (C=O) groups is 1. The summed E-state index contributed by atoms with van der Waals surface area (Å²) in [5, 5.41) is 0.282. The Morgan fingerprint density at radius 1 is 1.16 bits per heavy atom. The third kappa shape index (κ3) is 5.33. The Morgan fingerprint density at radius 3 is 2.51 bits per heavy atom. The van der Waals surface area contributed by atoms with Crippen molar-refractivity contribution in [1.29, 1.82) is 0 Å². The molecule has 196 valence electrons. The molecule has 0 amide bonds. The summed E-state index contributed by atoms with van der Waals surface area (Å²) < 4.78 is 45.4. The summed E-state index contributed by atoms with van der Waals surface area (Å²) in [6.07, 6.45) is -3.54. The predicted octanol–water partition coefficient (Wildman–Crippen LogP) is 6.06. The van der Waals surface area contributed by atoms with Crippen molar-refractivity contribution in [3.63, 3.8) is 0 Å². The predicted molar refractivity (Wildman–Crippen MR) is 135 cm³/mol. The van der Waals surface area contributed by atoms with E-state index in [1.54, 1.807) is 18.2 Å². The molecule has 1 heterocycles. The highest BCUT2D eigenvalue weighted by Gasteiger charge is 2.59. The van der Waals surface area contributed by atoms with Crippen LogP contribution >= 0.6 is 11.6 Å². The molecule has 1 N–H and O–H groups in total. The first kappa shape index (κ1) is 27.0. The molecule has 10 heteroatoms. The van der Waals surface area contributed by atoms with Crippen molar-refractivity contribution in [2.24, 2.45) is 0 Å². The molecule has 1 aliphatic rings. The average Bonchev–Trinajstić information content (AvgIpc) is 3.62. The lowest BCUT2D eigenvalue weighted by Gasteiger charge is -2.31. The van der Waals surface area contributed by atoms with Crippen molar-refractivity contribution in [1.82, 2.24) is 15.0 Å².